The summed E-state index contributed by atoms with van der Waals surface area (Å²) in [7, 11) is -1.14. The summed E-state index contributed by atoms with van der Waals surface area (Å²) in [5, 5.41) is 2.82. The van der Waals surface area contributed by atoms with Gasteiger partial charge in [-0.3, -0.25) is 0 Å². The number of aromatic nitrogens is 2. The lowest BCUT2D eigenvalue weighted by molar-refractivity contribution is 0.0528. The van der Waals surface area contributed by atoms with Crippen LogP contribution < -0.4 is 11.1 Å². The van der Waals surface area contributed by atoms with Gasteiger partial charge in [0.15, 0.2) is 0 Å². The Kier molecular flexibility index (Phi) is 7.84. The van der Waals surface area contributed by atoms with Crippen LogP contribution in [0, 0.1) is 0 Å². The highest BCUT2D eigenvalue weighted by atomic mass is 28.3. The summed E-state index contributed by atoms with van der Waals surface area (Å²) in [6.07, 6.45) is 0.261. The molecule has 0 atom stereocenters. The average Bonchev–Trinajstić information content (AvgIpc) is 2.95. The predicted molar refractivity (Wildman–Crippen MR) is 120 cm³/mol. The lowest BCUT2D eigenvalue weighted by atomic mass is 10.1. The predicted octanol–water partition coefficient (Wildman–Crippen LogP) is 3.87. The fourth-order valence-corrected chi connectivity index (χ4v) is 3.71. The quantitative estimate of drug-likeness (QED) is 0.474. The molecule has 0 radical (unpaired) electrons. The normalized spacial score (nSPS) is 12.4. The maximum absolute atomic E-state index is 11.9. The number of nitrogens with one attached hydrogen (secondary N) is 1. The van der Waals surface area contributed by atoms with E-state index < -0.39 is 19.8 Å². The minimum absolute atomic E-state index is 0.349. The molecule has 162 valence electrons. The van der Waals surface area contributed by atoms with Gasteiger partial charge < -0.3 is 25.1 Å². The molecule has 29 heavy (non-hydrogen) atoms. The van der Waals surface area contributed by atoms with E-state index in [0.29, 0.717) is 26.2 Å². The van der Waals surface area contributed by atoms with Crippen LogP contribution in [0.5, 0.6) is 0 Å². The van der Waals surface area contributed by atoms with Gasteiger partial charge in [0.1, 0.15) is 18.2 Å². The zero-order chi connectivity index (χ0) is 21.7. The van der Waals surface area contributed by atoms with Crippen LogP contribution in [0.3, 0.4) is 0 Å². The molecule has 1 aromatic carbocycles. The van der Waals surface area contributed by atoms with E-state index in [9.17, 15) is 4.79 Å². The number of carbonyl (C=O) groups is 1. The van der Waals surface area contributed by atoms with Gasteiger partial charge in [0.2, 0.25) is 0 Å². The zero-order valence-electron chi connectivity index (χ0n) is 18.7. The first kappa shape index (κ1) is 23.4. The van der Waals surface area contributed by atoms with E-state index in [1.165, 1.54) is 0 Å². The van der Waals surface area contributed by atoms with Crippen LogP contribution in [0.15, 0.2) is 18.2 Å². The van der Waals surface area contributed by atoms with Gasteiger partial charge in [0, 0.05) is 21.2 Å². The number of alkyl carbamates (subject to hydrolysis) is 1. The number of para-hydroxylation sites is 1. The number of benzene rings is 1. The van der Waals surface area contributed by atoms with Crippen molar-refractivity contribution in [2.45, 2.75) is 71.8 Å². The van der Waals surface area contributed by atoms with Crippen molar-refractivity contribution >= 4 is 25.2 Å². The zero-order valence-corrected chi connectivity index (χ0v) is 19.7. The van der Waals surface area contributed by atoms with Crippen LogP contribution in [0.25, 0.3) is 11.0 Å². The Bertz CT molecular complexity index is 822. The summed E-state index contributed by atoms with van der Waals surface area (Å²) in [6.45, 7) is 14.6. The average molecular weight is 421 g/mol. The van der Waals surface area contributed by atoms with Gasteiger partial charge in [-0.15, -0.1) is 0 Å². The topological polar surface area (TPSA) is 91.4 Å². The highest BCUT2D eigenvalue weighted by Crippen LogP contribution is 2.22. The van der Waals surface area contributed by atoms with Gasteiger partial charge in [-0.1, -0.05) is 31.8 Å². The van der Waals surface area contributed by atoms with Gasteiger partial charge in [0.05, 0.1) is 17.6 Å². The van der Waals surface area contributed by atoms with Crippen molar-refractivity contribution in [1.29, 1.82) is 0 Å². The van der Waals surface area contributed by atoms with E-state index in [1.54, 1.807) is 0 Å². The smallest absolute Gasteiger partial charge is 0.407 e. The van der Waals surface area contributed by atoms with E-state index in [-0.39, 0.29) is 0 Å². The fourth-order valence-electron chi connectivity index (χ4n) is 2.95. The molecule has 0 saturated heterocycles. The van der Waals surface area contributed by atoms with Crippen LogP contribution in [-0.2, 0) is 29.2 Å². The van der Waals surface area contributed by atoms with E-state index in [2.05, 4.69) is 40.6 Å². The minimum Gasteiger partial charge on any atom is -0.444 e. The van der Waals surface area contributed by atoms with E-state index in [4.69, 9.17) is 15.2 Å². The fraction of sp³-hybridized carbons (Fsp3) is 0.619. The van der Waals surface area contributed by atoms with Crippen LogP contribution in [0.4, 0.5) is 4.79 Å². The second-order valence-corrected chi connectivity index (χ2v) is 15.1. The number of nitrogens with two attached hydrogens (primary N) is 1. The maximum Gasteiger partial charge on any atom is 0.407 e. The molecule has 0 spiro atoms. The molecule has 0 aliphatic rings. The SMILES string of the molecule is CC(C)(C)OC(=O)NCCc1cccc2nc(CN)n(COCC[Si](C)(C)C)c12. The van der Waals surface area contributed by atoms with Crippen molar-refractivity contribution < 1.29 is 14.3 Å². The third-order valence-corrected chi connectivity index (χ3v) is 6.10. The molecule has 1 aromatic heterocycles. The van der Waals surface area contributed by atoms with Crippen molar-refractivity contribution in [3.05, 3.63) is 29.6 Å². The molecule has 8 heteroatoms. The summed E-state index contributed by atoms with van der Waals surface area (Å²) in [5.74, 6) is 0.806. The number of hydrogen-bond acceptors (Lipinski definition) is 5. The highest BCUT2D eigenvalue weighted by Gasteiger charge is 2.17. The molecular weight excluding hydrogens is 384 g/mol. The third-order valence-electron chi connectivity index (χ3n) is 4.39. The summed E-state index contributed by atoms with van der Waals surface area (Å²) in [6, 6.07) is 7.14. The van der Waals surface area contributed by atoms with Crippen molar-refractivity contribution in [2.24, 2.45) is 5.73 Å². The molecule has 2 rings (SSSR count). The number of nitrogens with zero attached hydrogens (tertiary/aromatic N) is 2. The Morgan fingerprint density at radius 2 is 2.00 bits per heavy atom. The highest BCUT2D eigenvalue weighted by molar-refractivity contribution is 6.76. The van der Waals surface area contributed by atoms with Gasteiger partial charge in [-0.25, -0.2) is 9.78 Å². The van der Waals surface area contributed by atoms with Crippen LogP contribution in [0.2, 0.25) is 25.7 Å². The number of rotatable bonds is 9. The standard InChI is InChI=1S/C21H36N4O3Si/c1-21(2,3)28-20(26)23-11-10-16-8-7-9-17-19(16)25(18(14-22)24-17)15-27-12-13-29(4,5)6/h7-9H,10-15,22H2,1-6H3,(H,23,26). The first-order valence-electron chi connectivity index (χ1n) is 10.2. The number of fused-ring (bicyclic) bond motifs is 1. The monoisotopic (exact) mass is 420 g/mol. The van der Waals surface area contributed by atoms with Crippen LogP contribution in [-0.4, -0.2) is 42.5 Å². The molecule has 0 aliphatic carbocycles. The molecule has 3 N–H and O–H groups in total. The Labute approximate surface area is 175 Å². The van der Waals surface area contributed by atoms with Crippen LogP contribution in [0.1, 0.15) is 32.2 Å². The van der Waals surface area contributed by atoms with Crippen molar-refractivity contribution in [3.63, 3.8) is 0 Å². The largest absolute Gasteiger partial charge is 0.444 e. The lowest BCUT2D eigenvalue weighted by Crippen LogP contribution is -2.33. The third kappa shape index (κ3) is 7.45. The summed E-state index contributed by atoms with van der Waals surface area (Å²) in [5.41, 5.74) is 8.44. The van der Waals surface area contributed by atoms with E-state index in [1.807, 2.05) is 32.9 Å². The van der Waals surface area contributed by atoms with Crippen molar-refractivity contribution in [3.8, 4) is 0 Å². The number of hydrogen-bond donors (Lipinski definition) is 2. The van der Waals surface area contributed by atoms with E-state index >= 15 is 0 Å². The van der Waals surface area contributed by atoms with Gasteiger partial charge in [-0.05, 0) is 44.9 Å². The molecule has 0 bridgehead atoms. The Hall–Kier alpha value is -1.90. The van der Waals surface area contributed by atoms with Crippen molar-refractivity contribution in [1.82, 2.24) is 14.9 Å². The maximum atomic E-state index is 11.9. The molecule has 1 amide bonds. The second-order valence-electron chi connectivity index (χ2n) is 9.47. The van der Waals surface area contributed by atoms with E-state index in [0.717, 1.165) is 35.1 Å². The summed E-state index contributed by atoms with van der Waals surface area (Å²) >= 11 is 0. The Morgan fingerprint density at radius 3 is 2.62 bits per heavy atom. The number of ether oxygens (including phenoxy) is 2. The first-order chi connectivity index (χ1) is 13.5. The summed E-state index contributed by atoms with van der Waals surface area (Å²) < 4.78 is 13.3. The Balaban J connectivity index is 2.10. The number of imidazole rings is 1. The minimum atomic E-state index is -1.14. The van der Waals surface area contributed by atoms with Crippen LogP contribution >= 0.6 is 0 Å². The first-order valence-corrected chi connectivity index (χ1v) is 13.9. The molecule has 2 aromatic rings. The van der Waals surface area contributed by atoms with Gasteiger partial charge in [0.25, 0.3) is 0 Å². The molecule has 0 unspecified atom stereocenters. The molecule has 1 heterocycles. The van der Waals surface area contributed by atoms with Gasteiger partial charge in [-0.2, -0.15) is 0 Å². The second kappa shape index (κ2) is 9.73. The summed E-state index contributed by atoms with van der Waals surface area (Å²) in [4.78, 5) is 16.6. The molecular formula is C21H36N4O3Si. The molecule has 7 nitrogen and oxygen atoms in total. The van der Waals surface area contributed by atoms with Crippen molar-refractivity contribution in [2.75, 3.05) is 13.2 Å². The van der Waals surface area contributed by atoms with Gasteiger partial charge >= 0.3 is 6.09 Å². The lowest BCUT2D eigenvalue weighted by Gasteiger charge is -2.19. The molecule has 0 aliphatic heterocycles. The molecule has 0 saturated carbocycles. The number of amides is 1. The Morgan fingerprint density at radius 1 is 1.28 bits per heavy atom. The number of carbonyl (C=O) groups excluding carboxylic acids is 1. The molecule has 0 fully saturated rings.